The molecular formula is C13H20N2O6S. The fourth-order valence-corrected chi connectivity index (χ4v) is 2.05. The number of carboxylic acid groups (broad SMARTS) is 1. The summed E-state index contributed by atoms with van der Waals surface area (Å²) in [6, 6.07) is 2.93. The zero-order valence-electron chi connectivity index (χ0n) is 12.7. The third-order valence-corrected chi connectivity index (χ3v) is 3.48. The van der Waals surface area contributed by atoms with E-state index in [1.165, 1.54) is 12.1 Å². The number of hydrogen-bond donors (Lipinski definition) is 3. The lowest BCUT2D eigenvalue weighted by atomic mass is 9.98. The molecule has 1 rings (SSSR count). The van der Waals surface area contributed by atoms with Crippen molar-refractivity contribution in [3.63, 3.8) is 0 Å². The molecule has 0 radical (unpaired) electrons. The lowest BCUT2D eigenvalue weighted by molar-refractivity contribution is -0.137. The molecule has 0 saturated heterocycles. The molecule has 1 aromatic rings. The highest BCUT2D eigenvalue weighted by atomic mass is 32.2. The molecule has 0 bridgehead atoms. The van der Waals surface area contributed by atoms with Gasteiger partial charge >= 0.3 is 5.97 Å². The number of carbonyl (C=O) groups excluding carboxylic acids is 1. The monoisotopic (exact) mass is 332 g/mol. The van der Waals surface area contributed by atoms with Gasteiger partial charge in [0.05, 0.1) is 12.8 Å². The topological polar surface area (TPSA) is 126 Å². The van der Waals surface area contributed by atoms with E-state index >= 15 is 0 Å². The zero-order chi connectivity index (χ0) is 17.0. The Labute approximate surface area is 128 Å². The van der Waals surface area contributed by atoms with Crippen molar-refractivity contribution in [1.82, 2.24) is 10.0 Å². The second kappa shape index (κ2) is 6.93. The Hall–Kier alpha value is -1.87. The number of rotatable bonds is 8. The summed E-state index contributed by atoms with van der Waals surface area (Å²) < 4.78 is 29.5. The van der Waals surface area contributed by atoms with Crippen molar-refractivity contribution in [2.75, 3.05) is 6.26 Å². The van der Waals surface area contributed by atoms with Crippen molar-refractivity contribution in [1.29, 1.82) is 0 Å². The third-order valence-electron chi connectivity index (χ3n) is 2.81. The number of sulfonamides is 1. The van der Waals surface area contributed by atoms with Crippen LogP contribution >= 0.6 is 0 Å². The Morgan fingerprint density at radius 2 is 1.95 bits per heavy atom. The van der Waals surface area contributed by atoms with Crippen LogP contribution in [0.15, 0.2) is 16.5 Å². The van der Waals surface area contributed by atoms with Gasteiger partial charge in [-0.3, -0.25) is 9.59 Å². The van der Waals surface area contributed by atoms with E-state index in [0.29, 0.717) is 5.76 Å². The van der Waals surface area contributed by atoms with E-state index in [1.54, 1.807) is 13.8 Å². The first kappa shape index (κ1) is 18.2. The van der Waals surface area contributed by atoms with Gasteiger partial charge in [0, 0.05) is 12.0 Å². The Morgan fingerprint density at radius 3 is 2.50 bits per heavy atom. The van der Waals surface area contributed by atoms with E-state index in [0.717, 1.165) is 6.26 Å². The van der Waals surface area contributed by atoms with Crippen molar-refractivity contribution in [2.45, 2.75) is 38.8 Å². The highest BCUT2D eigenvalue weighted by Gasteiger charge is 2.23. The van der Waals surface area contributed by atoms with Gasteiger partial charge in [-0.25, -0.2) is 13.1 Å². The predicted octanol–water partition coefficient (Wildman–Crippen LogP) is 0.702. The molecule has 0 unspecified atom stereocenters. The normalized spacial score (nSPS) is 12.1. The summed E-state index contributed by atoms with van der Waals surface area (Å²) in [5.41, 5.74) is -0.701. The van der Waals surface area contributed by atoms with Crippen LogP contribution in [-0.2, 0) is 21.4 Å². The quantitative estimate of drug-likeness (QED) is 0.643. The minimum Gasteiger partial charge on any atom is -0.481 e. The molecule has 0 saturated carbocycles. The molecule has 1 amide bonds. The van der Waals surface area contributed by atoms with Crippen LogP contribution < -0.4 is 10.0 Å². The fourth-order valence-electron chi connectivity index (χ4n) is 1.65. The van der Waals surface area contributed by atoms with Gasteiger partial charge in [-0.05, 0) is 32.4 Å². The average Bonchev–Trinajstić information content (AvgIpc) is 2.82. The van der Waals surface area contributed by atoms with Crippen molar-refractivity contribution in [3.05, 3.63) is 23.7 Å². The van der Waals surface area contributed by atoms with E-state index in [4.69, 9.17) is 9.52 Å². The first-order chi connectivity index (χ1) is 9.98. The molecule has 0 aliphatic rings. The summed E-state index contributed by atoms with van der Waals surface area (Å²) in [6.07, 6.45) is 1.24. The van der Waals surface area contributed by atoms with Crippen LogP contribution in [0, 0.1) is 0 Å². The number of carbonyl (C=O) groups is 2. The second-order valence-electron chi connectivity index (χ2n) is 5.59. The smallest absolute Gasteiger partial charge is 0.303 e. The standard InChI is InChI=1S/C13H20N2O6S/c1-13(2,7-6-11(16)17)15-12(18)10-5-4-9(21-10)8-14-22(3,19)20/h4-5,14H,6-8H2,1-3H3,(H,15,18)(H,16,17). The summed E-state index contributed by atoms with van der Waals surface area (Å²) in [7, 11) is -3.34. The van der Waals surface area contributed by atoms with Crippen LogP contribution in [0.2, 0.25) is 0 Å². The van der Waals surface area contributed by atoms with Crippen molar-refractivity contribution >= 4 is 21.9 Å². The van der Waals surface area contributed by atoms with Crippen LogP contribution in [0.4, 0.5) is 0 Å². The first-order valence-corrected chi connectivity index (χ1v) is 8.45. The molecule has 0 fully saturated rings. The molecule has 1 aromatic heterocycles. The molecular weight excluding hydrogens is 312 g/mol. The van der Waals surface area contributed by atoms with Crippen LogP contribution in [0.1, 0.15) is 43.0 Å². The average molecular weight is 332 g/mol. The lowest BCUT2D eigenvalue weighted by Crippen LogP contribution is -2.43. The Balaban J connectivity index is 2.62. The number of nitrogens with one attached hydrogen (secondary N) is 2. The molecule has 0 aliphatic carbocycles. The first-order valence-electron chi connectivity index (χ1n) is 6.56. The summed E-state index contributed by atoms with van der Waals surface area (Å²) in [5.74, 6) is -1.08. The number of furan rings is 1. The molecule has 1 heterocycles. The zero-order valence-corrected chi connectivity index (χ0v) is 13.5. The van der Waals surface area contributed by atoms with Crippen molar-refractivity contribution < 1.29 is 27.5 Å². The Kier molecular flexibility index (Phi) is 5.72. The van der Waals surface area contributed by atoms with E-state index in [9.17, 15) is 18.0 Å². The molecule has 3 N–H and O–H groups in total. The number of carboxylic acids is 1. The van der Waals surface area contributed by atoms with Crippen LogP contribution in [0.5, 0.6) is 0 Å². The highest BCUT2D eigenvalue weighted by molar-refractivity contribution is 7.88. The van der Waals surface area contributed by atoms with Gasteiger partial charge in [-0.15, -0.1) is 0 Å². The lowest BCUT2D eigenvalue weighted by Gasteiger charge is -2.24. The van der Waals surface area contributed by atoms with Gasteiger partial charge in [0.15, 0.2) is 5.76 Å². The Morgan fingerprint density at radius 1 is 1.32 bits per heavy atom. The maximum atomic E-state index is 12.0. The molecule has 8 nitrogen and oxygen atoms in total. The van der Waals surface area contributed by atoms with Gasteiger partial charge in [-0.1, -0.05) is 0 Å². The molecule has 0 spiro atoms. The van der Waals surface area contributed by atoms with Gasteiger partial charge in [0.2, 0.25) is 10.0 Å². The summed E-state index contributed by atoms with van der Waals surface area (Å²) in [4.78, 5) is 22.6. The fraction of sp³-hybridized carbons (Fsp3) is 0.538. The predicted molar refractivity (Wildman–Crippen MR) is 78.8 cm³/mol. The summed E-state index contributed by atoms with van der Waals surface area (Å²) >= 11 is 0. The largest absolute Gasteiger partial charge is 0.481 e. The summed E-state index contributed by atoms with van der Waals surface area (Å²) in [6.45, 7) is 3.38. The van der Waals surface area contributed by atoms with E-state index in [-0.39, 0.29) is 25.1 Å². The number of hydrogen-bond acceptors (Lipinski definition) is 5. The molecule has 0 aromatic carbocycles. The maximum Gasteiger partial charge on any atom is 0.303 e. The van der Waals surface area contributed by atoms with Crippen molar-refractivity contribution in [3.8, 4) is 0 Å². The number of aliphatic carboxylic acids is 1. The maximum absolute atomic E-state index is 12.0. The van der Waals surface area contributed by atoms with E-state index in [2.05, 4.69) is 10.0 Å². The van der Waals surface area contributed by atoms with E-state index in [1.807, 2.05) is 0 Å². The third kappa shape index (κ3) is 6.72. The van der Waals surface area contributed by atoms with Crippen LogP contribution in [0.3, 0.4) is 0 Å². The Bertz CT molecular complexity index is 647. The molecule has 22 heavy (non-hydrogen) atoms. The summed E-state index contributed by atoms with van der Waals surface area (Å²) in [5, 5.41) is 11.3. The van der Waals surface area contributed by atoms with Crippen LogP contribution in [-0.4, -0.2) is 37.2 Å². The van der Waals surface area contributed by atoms with Gasteiger partial charge in [0.25, 0.3) is 5.91 Å². The van der Waals surface area contributed by atoms with Gasteiger partial charge in [0.1, 0.15) is 5.76 Å². The van der Waals surface area contributed by atoms with Crippen LogP contribution in [0.25, 0.3) is 0 Å². The van der Waals surface area contributed by atoms with Gasteiger partial charge in [-0.2, -0.15) is 0 Å². The van der Waals surface area contributed by atoms with Crippen molar-refractivity contribution in [2.24, 2.45) is 0 Å². The second-order valence-corrected chi connectivity index (χ2v) is 7.42. The molecule has 0 atom stereocenters. The SMILES string of the molecule is CC(C)(CCC(=O)O)NC(=O)c1ccc(CNS(C)(=O)=O)o1. The number of amides is 1. The molecule has 124 valence electrons. The van der Waals surface area contributed by atoms with Gasteiger partial charge < -0.3 is 14.8 Å². The minimum atomic E-state index is -3.34. The minimum absolute atomic E-state index is 0.0358. The molecule has 9 heteroatoms. The molecule has 0 aliphatic heterocycles. The highest BCUT2D eigenvalue weighted by Crippen LogP contribution is 2.14. The van der Waals surface area contributed by atoms with E-state index < -0.39 is 27.4 Å².